The Morgan fingerprint density at radius 3 is 2.79 bits per heavy atom. The highest BCUT2D eigenvalue weighted by Crippen LogP contribution is 2.34. The second-order valence-corrected chi connectivity index (χ2v) is 5.25. The van der Waals surface area contributed by atoms with E-state index < -0.39 is 0 Å². The number of rotatable bonds is 2. The van der Waals surface area contributed by atoms with Crippen LogP contribution < -0.4 is 5.73 Å². The van der Waals surface area contributed by atoms with Crippen LogP contribution in [0, 0.1) is 6.92 Å². The third-order valence-corrected chi connectivity index (χ3v) is 4.15. The lowest BCUT2D eigenvalue weighted by molar-refractivity contribution is 0.766. The molecule has 0 bridgehead atoms. The van der Waals surface area contributed by atoms with Crippen molar-refractivity contribution in [2.75, 3.05) is 5.73 Å². The molecule has 0 saturated heterocycles. The van der Waals surface area contributed by atoms with Crippen LogP contribution in [0.4, 0.5) is 5.69 Å². The molecule has 6 heteroatoms. The highest BCUT2D eigenvalue weighted by atomic mass is 32.2. The first-order valence-corrected chi connectivity index (χ1v) is 6.65. The summed E-state index contributed by atoms with van der Waals surface area (Å²) in [5.74, 6) is 0.878. The molecule has 3 rings (SSSR count). The van der Waals surface area contributed by atoms with Crippen molar-refractivity contribution >= 4 is 28.4 Å². The summed E-state index contributed by atoms with van der Waals surface area (Å²) in [7, 11) is 1.94. The molecule has 0 unspecified atom stereocenters. The van der Waals surface area contributed by atoms with Gasteiger partial charge in [0.15, 0.2) is 5.16 Å². The number of fused-ring (bicyclic) bond motifs is 1. The highest BCUT2D eigenvalue weighted by molar-refractivity contribution is 7.99. The number of nitrogens with two attached hydrogens (primary N) is 1. The maximum Gasteiger partial charge on any atom is 0.195 e. The first kappa shape index (κ1) is 12.0. The standard InChI is InChI=1S/C13H13N5S/c1-8-16-17-13(18(8)2)19-11-6-5-10-9(12(11)14)4-3-7-15-10/h3-7H,14H2,1-2H3. The third-order valence-electron chi connectivity index (χ3n) is 3.04. The Bertz CT molecular complexity index is 750. The number of hydrogen-bond donors (Lipinski definition) is 1. The Morgan fingerprint density at radius 1 is 1.21 bits per heavy atom. The second-order valence-electron chi connectivity index (χ2n) is 4.24. The summed E-state index contributed by atoms with van der Waals surface area (Å²) >= 11 is 1.51. The van der Waals surface area contributed by atoms with Crippen molar-refractivity contribution in [2.24, 2.45) is 7.05 Å². The number of nitrogens with zero attached hydrogens (tertiary/aromatic N) is 4. The fraction of sp³-hybridized carbons (Fsp3) is 0.154. The van der Waals surface area contributed by atoms with Gasteiger partial charge in [-0.1, -0.05) is 0 Å². The molecule has 0 spiro atoms. The highest BCUT2D eigenvalue weighted by Gasteiger charge is 2.11. The molecule has 19 heavy (non-hydrogen) atoms. The molecule has 2 aromatic heterocycles. The normalized spacial score (nSPS) is 11.1. The van der Waals surface area contributed by atoms with Gasteiger partial charge in [0.25, 0.3) is 0 Å². The predicted molar refractivity (Wildman–Crippen MR) is 76.0 cm³/mol. The molecule has 0 radical (unpaired) electrons. The van der Waals surface area contributed by atoms with Gasteiger partial charge in [-0.2, -0.15) is 0 Å². The van der Waals surface area contributed by atoms with Crippen molar-refractivity contribution in [3.05, 3.63) is 36.3 Å². The topological polar surface area (TPSA) is 69.6 Å². The molecule has 2 N–H and O–H groups in total. The van der Waals surface area contributed by atoms with Crippen molar-refractivity contribution in [1.82, 2.24) is 19.7 Å². The molecule has 0 amide bonds. The van der Waals surface area contributed by atoms with Gasteiger partial charge in [-0.3, -0.25) is 4.98 Å². The maximum absolute atomic E-state index is 6.21. The van der Waals surface area contributed by atoms with Crippen LogP contribution in [0.5, 0.6) is 0 Å². The summed E-state index contributed by atoms with van der Waals surface area (Å²) in [6.45, 7) is 1.92. The molecule has 0 fully saturated rings. The molecule has 0 atom stereocenters. The molecule has 96 valence electrons. The van der Waals surface area contributed by atoms with Gasteiger partial charge in [0, 0.05) is 23.5 Å². The van der Waals surface area contributed by atoms with E-state index in [0.717, 1.165) is 32.5 Å². The molecule has 5 nitrogen and oxygen atoms in total. The predicted octanol–water partition coefficient (Wildman–Crippen LogP) is 2.41. The van der Waals surface area contributed by atoms with Crippen LogP contribution in [0.1, 0.15) is 5.82 Å². The minimum Gasteiger partial charge on any atom is -0.397 e. The monoisotopic (exact) mass is 271 g/mol. The van der Waals surface area contributed by atoms with E-state index in [2.05, 4.69) is 15.2 Å². The van der Waals surface area contributed by atoms with Gasteiger partial charge < -0.3 is 10.3 Å². The summed E-state index contributed by atoms with van der Waals surface area (Å²) in [5, 5.41) is 9.97. The van der Waals surface area contributed by atoms with Crippen LogP contribution in [0.2, 0.25) is 0 Å². The average molecular weight is 271 g/mol. The van der Waals surface area contributed by atoms with Gasteiger partial charge >= 0.3 is 0 Å². The number of anilines is 1. The van der Waals surface area contributed by atoms with E-state index in [1.54, 1.807) is 6.20 Å². The number of benzene rings is 1. The Hall–Kier alpha value is -2.08. The van der Waals surface area contributed by atoms with E-state index in [1.807, 2.05) is 42.8 Å². The van der Waals surface area contributed by atoms with Crippen molar-refractivity contribution in [3.63, 3.8) is 0 Å². The maximum atomic E-state index is 6.21. The second kappa shape index (κ2) is 4.55. The molecule has 3 aromatic rings. The smallest absolute Gasteiger partial charge is 0.195 e. The minimum absolute atomic E-state index is 0.733. The van der Waals surface area contributed by atoms with Crippen LogP contribution in [0.3, 0.4) is 0 Å². The SMILES string of the molecule is Cc1nnc(Sc2ccc3ncccc3c2N)n1C. The largest absolute Gasteiger partial charge is 0.397 e. The first-order valence-electron chi connectivity index (χ1n) is 5.84. The quantitative estimate of drug-likeness (QED) is 0.725. The fourth-order valence-corrected chi connectivity index (χ4v) is 2.72. The van der Waals surface area contributed by atoms with E-state index in [1.165, 1.54) is 11.8 Å². The summed E-state index contributed by atoms with van der Waals surface area (Å²) in [6, 6.07) is 7.81. The lowest BCUT2D eigenvalue weighted by Crippen LogP contribution is -1.95. The van der Waals surface area contributed by atoms with Crippen LogP contribution in [-0.4, -0.2) is 19.7 Å². The van der Waals surface area contributed by atoms with Gasteiger partial charge in [0.05, 0.1) is 11.2 Å². The molecule has 0 aliphatic heterocycles. The molecule has 0 saturated carbocycles. The van der Waals surface area contributed by atoms with E-state index in [4.69, 9.17) is 5.73 Å². The third kappa shape index (κ3) is 2.04. The van der Waals surface area contributed by atoms with Crippen molar-refractivity contribution in [2.45, 2.75) is 17.0 Å². The Balaban J connectivity index is 2.06. The van der Waals surface area contributed by atoms with E-state index in [9.17, 15) is 0 Å². The molecule has 0 aliphatic rings. The van der Waals surface area contributed by atoms with Crippen LogP contribution in [-0.2, 0) is 7.05 Å². The summed E-state index contributed by atoms with van der Waals surface area (Å²) in [4.78, 5) is 5.26. The first-order chi connectivity index (χ1) is 9.16. The number of aryl methyl sites for hydroxylation is 1. The summed E-state index contributed by atoms with van der Waals surface area (Å²) in [5.41, 5.74) is 7.84. The Kier molecular flexibility index (Phi) is 2.87. The van der Waals surface area contributed by atoms with E-state index in [0.29, 0.717) is 0 Å². The zero-order valence-electron chi connectivity index (χ0n) is 10.7. The number of hydrogen-bond acceptors (Lipinski definition) is 5. The Labute approximate surface area is 114 Å². The summed E-state index contributed by atoms with van der Waals surface area (Å²) < 4.78 is 1.94. The fourth-order valence-electron chi connectivity index (χ4n) is 1.82. The molecular weight excluding hydrogens is 258 g/mol. The minimum atomic E-state index is 0.733. The average Bonchev–Trinajstić information content (AvgIpc) is 2.74. The zero-order valence-corrected chi connectivity index (χ0v) is 11.5. The van der Waals surface area contributed by atoms with Crippen molar-refractivity contribution in [1.29, 1.82) is 0 Å². The summed E-state index contributed by atoms with van der Waals surface area (Å²) in [6.07, 6.45) is 1.76. The van der Waals surface area contributed by atoms with Crippen LogP contribution in [0.15, 0.2) is 40.5 Å². The molecular formula is C13H13N5S. The van der Waals surface area contributed by atoms with E-state index >= 15 is 0 Å². The molecule has 0 aliphatic carbocycles. The molecule has 1 aromatic carbocycles. The van der Waals surface area contributed by atoms with Crippen LogP contribution >= 0.6 is 11.8 Å². The van der Waals surface area contributed by atoms with Crippen molar-refractivity contribution in [3.8, 4) is 0 Å². The van der Waals surface area contributed by atoms with Gasteiger partial charge in [-0.25, -0.2) is 0 Å². The van der Waals surface area contributed by atoms with E-state index in [-0.39, 0.29) is 0 Å². The lowest BCUT2D eigenvalue weighted by atomic mass is 10.2. The van der Waals surface area contributed by atoms with Crippen molar-refractivity contribution < 1.29 is 0 Å². The number of pyridine rings is 1. The van der Waals surface area contributed by atoms with Gasteiger partial charge in [-0.05, 0) is 43.0 Å². The lowest BCUT2D eigenvalue weighted by Gasteiger charge is -2.07. The zero-order chi connectivity index (χ0) is 13.4. The number of aromatic nitrogens is 4. The van der Waals surface area contributed by atoms with Gasteiger partial charge in [0.2, 0.25) is 0 Å². The number of nitrogen functional groups attached to an aromatic ring is 1. The van der Waals surface area contributed by atoms with Gasteiger partial charge in [-0.15, -0.1) is 10.2 Å². The van der Waals surface area contributed by atoms with Gasteiger partial charge in [0.1, 0.15) is 5.82 Å². The Morgan fingerprint density at radius 2 is 2.05 bits per heavy atom. The molecule has 2 heterocycles. The van der Waals surface area contributed by atoms with Crippen LogP contribution in [0.25, 0.3) is 10.9 Å².